The molecule has 1 N–H and O–H groups in total. The van der Waals surface area contributed by atoms with Crippen molar-refractivity contribution in [2.24, 2.45) is 0 Å². The molecule has 32 heavy (non-hydrogen) atoms. The van der Waals surface area contributed by atoms with Gasteiger partial charge in [-0.3, -0.25) is 4.79 Å². The number of fused-ring (bicyclic) bond motifs is 1. The van der Waals surface area contributed by atoms with E-state index >= 15 is 0 Å². The molecule has 0 aliphatic carbocycles. The van der Waals surface area contributed by atoms with E-state index < -0.39 is 5.97 Å². The lowest BCUT2D eigenvalue weighted by molar-refractivity contribution is -0.135. The van der Waals surface area contributed by atoms with Crippen LogP contribution in [0.2, 0.25) is 0 Å². The van der Waals surface area contributed by atoms with Crippen molar-refractivity contribution in [1.82, 2.24) is 4.98 Å². The fourth-order valence-electron chi connectivity index (χ4n) is 3.87. The predicted molar refractivity (Wildman–Crippen MR) is 128 cm³/mol. The molecule has 5 heteroatoms. The number of carboxylic acid groups (broad SMARTS) is 1. The Morgan fingerprint density at radius 1 is 0.938 bits per heavy atom. The number of anilines is 1. The quantitative estimate of drug-likeness (QED) is 0.419. The highest BCUT2D eigenvalue weighted by Gasteiger charge is 2.13. The van der Waals surface area contributed by atoms with Crippen molar-refractivity contribution in [3.8, 4) is 16.9 Å². The summed E-state index contributed by atoms with van der Waals surface area (Å²) >= 11 is 0. The van der Waals surface area contributed by atoms with Gasteiger partial charge < -0.3 is 14.7 Å². The van der Waals surface area contributed by atoms with Crippen LogP contribution in [0.25, 0.3) is 22.0 Å². The lowest BCUT2D eigenvalue weighted by Gasteiger charge is -2.18. The van der Waals surface area contributed by atoms with Crippen LogP contribution in [-0.2, 0) is 17.6 Å². The van der Waals surface area contributed by atoms with Gasteiger partial charge in [-0.15, -0.1) is 0 Å². The Labute approximate surface area is 187 Å². The molecule has 5 nitrogen and oxygen atoms in total. The van der Waals surface area contributed by atoms with Crippen molar-refractivity contribution in [2.75, 3.05) is 25.6 Å². The van der Waals surface area contributed by atoms with Gasteiger partial charge in [0.25, 0.3) is 0 Å². The zero-order chi connectivity index (χ0) is 22.5. The van der Waals surface area contributed by atoms with Gasteiger partial charge in [-0.05, 0) is 65.4 Å². The molecular weight excluding hydrogens is 400 g/mol. The Bertz CT molecular complexity index is 1240. The van der Waals surface area contributed by atoms with Gasteiger partial charge in [0.05, 0.1) is 12.6 Å². The summed E-state index contributed by atoms with van der Waals surface area (Å²) in [5.74, 6) is 0.626. The van der Waals surface area contributed by atoms with Gasteiger partial charge in [0.1, 0.15) is 18.1 Å². The van der Waals surface area contributed by atoms with Gasteiger partial charge >= 0.3 is 5.97 Å². The fourth-order valence-corrected chi connectivity index (χ4v) is 3.87. The van der Waals surface area contributed by atoms with E-state index in [1.165, 1.54) is 11.1 Å². The second-order valence-electron chi connectivity index (χ2n) is 7.85. The summed E-state index contributed by atoms with van der Waals surface area (Å²) in [5, 5.41) is 10.3. The number of aryl methyl sites for hydroxylation is 2. The van der Waals surface area contributed by atoms with E-state index in [0.717, 1.165) is 40.6 Å². The summed E-state index contributed by atoms with van der Waals surface area (Å²) in [4.78, 5) is 17.6. The molecule has 0 bridgehead atoms. The number of carbonyl (C=O) groups is 1. The molecule has 0 fully saturated rings. The van der Waals surface area contributed by atoms with Crippen LogP contribution in [-0.4, -0.2) is 36.8 Å². The first-order chi connectivity index (χ1) is 15.5. The number of benzene rings is 3. The molecule has 1 aromatic heterocycles. The van der Waals surface area contributed by atoms with Crippen LogP contribution in [0.3, 0.4) is 0 Å². The van der Waals surface area contributed by atoms with Gasteiger partial charge in [-0.1, -0.05) is 48.5 Å². The number of ether oxygens (including phenoxy) is 1. The van der Waals surface area contributed by atoms with Gasteiger partial charge in [0.2, 0.25) is 0 Å². The highest BCUT2D eigenvalue weighted by Crippen LogP contribution is 2.32. The summed E-state index contributed by atoms with van der Waals surface area (Å²) in [7, 11) is 3.43. The molecule has 0 spiro atoms. The van der Waals surface area contributed by atoms with Crippen molar-refractivity contribution >= 4 is 22.7 Å². The molecular formula is C27H26N2O3. The lowest BCUT2D eigenvalue weighted by Crippen LogP contribution is -2.26. The Hall–Kier alpha value is -3.86. The van der Waals surface area contributed by atoms with E-state index in [2.05, 4.69) is 36.4 Å². The summed E-state index contributed by atoms with van der Waals surface area (Å²) in [5.41, 5.74) is 5.44. The number of pyridine rings is 1. The molecule has 0 unspecified atom stereocenters. The Morgan fingerprint density at radius 2 is 1.69 bits per heavy atom. The number of nitrogens with zero attached hydrogens (tertiary/aromatic N) is 2. The number of likely N-dealkylation sites (N-methyl/N-ethyl adjacent to an activating group) is 1. The van der Waals surface area contributed by atoms with Crippen molar-refractivity contribution < 1.29 is 14.6 Å². The largest absolute Gasteiger partial charge is 0.497 e. The van der Waals surface area contributed by atoms with Crippen LogP contribution < -0.4 is 9.64 Å². The van der Waals surface area contributed by atoms with Crippen LogP contribution >= 0.6 is 0 Å². The summed E-state index contributed by atoms with van der Waals surface area (Å²) in [6.45, 7) is -0.106. The van der Waals surface area contributed by atoms with E-state index in [1.807, 2.05) is 42.5 Å². The topological polar surface area (TPSA) is 62.7 Å². The number of carboxylic acids is 1. The number of methoxy groups -OCH3 is 1. The third-order valence-electron chi connectivity index (χ3n) is 5.54. The van der Waals surface area contributed by atoms with Crippen LogP contribution in [0.5, 0.6) is 5.75 Å². The normalized spacial score (nSPS) is 10.8. The van der Waals surface area contributed by atoms with Gasteiger partial charge in [-0.25, -0.2) is 4.98 Å². The molecule has 0 aliphatic rings. The van der Waals surface area contributed by atoms with Crippen LogP contribution in [0.4, 0.5) is 5.82 Å². The van der Waals surface area contributed by atoms with Gasteiger partial charge in [0, 0.05) is 12.4 Å². The molecule has 1 heterocycles. The van der Waals surface area contributed by atoms with Gasteiger partial charge in [0.15, 0.2) is 0 Å². The van der Waals surface area contributed by atoms with E-state index in [1.54, 1.807) is 19.1 Å². The van der Waals surface area contributed by atoms with Crippen molar-refractivity contribution in [3.05, 3.63) is 90.0 Å². The van der Waals surface area contributed by atoms with Crippen LogP contribution in [0.15, 0.2) is 78.9 Å². The first-order valence-corrected chi connectivity index (χ1v) is 10.6. The molecule has 0 saturated heterocycles. The summed E-state index contributed by atoms with van der Waals surface area (Å²) in [6.07, 6.45) is 1.81. The van der Waals surface area contributed by atoms with Gasteiger partial charge in [-0.2, -0.15) is 0 Å². The summed E-state index contributed by atoms with van der Waals surface area (Å²) < 4.78 is 5.33. The molecule has 0 amide bonds. The number of hydrogen-bond donors (Lipinski definition) is 1. The van der Waals surface area contributed by atoms with E-state index in [4.69, 9.17) is 9.72 Å². The molecule has 0 atom stereocenters. The maximum Gasteiger partial charge on any atom is 0.323 e. The minimum atomic E-state index is -0.886. The second-order valence-corrected chi connectivity index (χ2v) is 7.85. The Kier molecular flexibility index (Phi) is 6.36. The first-order valence-electron chi connectivity index (χ1n) is 10.6. The van der Waals surface area contributed by atoms with Crippen molar-refractivity contribution in [1.29, 1.82) is 0 Å². The summed E-state index contributed by atoms with van der Waals surface area (Å²) in [6, 6.07) is 26.6. The van der Waals surface area contributed by atoms with Crippen LogP contribution in [0.1, 0.15) is 11.1 Å². The zero-order valence-electron chi connectivity index (χ0n) is 18.3. The molecule has 4 aromatic rings. The highest BCUT2D eigenvalue weighted by molar-refractivity contribution is 5.96. The third-order valence-corrected chi connectivity index (χ3v) is 5.54. The van der Waals surface area contributed by atoms with E-state index in [0.29, 0.717) is 5.82 Å². The van der Waals surface area contributed by atoms with E-state index in [-0.39, 0.29) is 6.54 Å². The third kappa shape index (κ3) is 4.89. The molecule has 162 valence electrons. The molecule has 3 aromatic carbocycles. The molecule has 0 saturated carbocycles. The molecule has 0 radical (unpaired) electrons. The Morgan fingerprint density at radius 3 is 2.41 bits per heavy atom. The number of aromatic nitrogens is 1. The highest BCUT2D eigenvalue weighted by atomic mass is 16.5. The monoisotopic (exact) mass is 426 g/mol. The SMILES string of the molecule is COc1cccc(CCc2ccc3nc(N(C)CC(=O)O)cc(-c4ccccc4)c3c2)c1. The van der Waals surface area contributed by atoms with Crippen LogP contribution in [0, 0.1) is 0 Å². The molecule has 0 aliphatic heterocycles. The minimum Gasteiger partial charge on any atom is -0.497 e. The smallest absolute Gasteiger partial charge is 0.323 e. The fraction of sp³-hybridized carbons (Fsp3) is 0.185. The zero-order valence-corrected chi connectivity index (χ0v) is 18.3. The Balaban J connectivity index is 1.71. The standard InChI is InChI=1S/C27H26N2O3/c1-29(18-27(30)31)26-17-23(21-8-4-3-5-9-21)24-16-20(13-14-25(24)28-26)12-11-19-7-6-10-22(15-19)32-2/h3-10,13-17H,11-12,18H2,1-2H3,(H,30,31). The number of rotatable bonds is 8. The lowest BCUT2D eigenvalue weighted by atomic mass is 9.97. The average Bonchev–Trinajstić information content (AvgIpc) is 2.82. The second kappa shape index (κ2) is 9.52. The average molecular weight is 427 g/mol. The van der Waals surface area contributed by atoms with Crippen molar-refractivity contribution in [2.45, 2.75) is 12.8 Å². The number of aliphatic carboxylic acids is 1. The predicted octanol–water partition coefficient (Wildman–Crippen LogP) is 5.22. The van der Waals surface area contributed by atoms with Crippen molar-refractivity contribution in [3.63, 3.8) is 0 Å². The first kappa shape index (κ1) is 21.4. The molecule has 4 rings (SSSR count). The number of hydrogen-bond acceptors (Lipinski definition) is 4. The maximum atomic E-state index is 11.2. The van der Waals surface area contributed by atoms with E-state index in [9.17, 15) is 9.90 Å². The minimum absolute atomic E-state index is 0.106. The maximum absolute atomic E-state index is 11.2.